The molecule has 0 saturated carbocycles. The third-order valence-corrected chi connectivity index (χ3v) is 3.40. The number of hydrogen-bond acceptors (Lipinski definition) is 5. The molecule has 3 rings (SSSR count). The minimum atomic E-state index is -4.51. The average Bonchev–Trinajstić information content (AvgIpc) is 3.06. The number of hydrogen-bond donors (Lipinski definition) is 0. The lowest BCUT2D eigenvalue weighted by molar-refractivity contribution is -0.141. The lowest BCUT2D eigenvalue weighted by Gasteiger charge is -1.98. The Morgan fingerprint density at radius 2 is 2.00 bits per heavy atom. The maximum atomic E-state index is 12.6. The third kappa shape index (κ3) is 2.20. The summed E-state index contributed by atoms with van der Waals surface area (Å²) >= 11 is 1.40. The van der Waals surface area contributed by atoms with Gasteiger partial charge in [0, 0.05) is 13.1 Å². The average molecular weight is 300 g/mol. The molecule has 0 aromatic carbocycles. The number of aromatic nitrogens is 4. The van der Waals surface area contributed by atoms with Crippen LogP contribution < -0.4 is 0 Å². The molecule has 0 fully saturated rings. The van der Waals surface area contributed by atoms with E-state index in [0.29, 0.717) is 0 Å². The molecule has 9 heteroatoms. The van der Waals surface area contributed by atoms with E-state index in [2.05, 4.69) is 15.3 Å². The van der Waals surface area contributed by atoms with Crippen molar-refractivity contribution in [1.82, 2.24) is 20.0 Å². The Kier molecular flexibility index (Phi) is 2.85. The molecule has 0 atom stereocenters. The van der Waals surface area contributed by atoms with Crippen molar-refractivity contribution in [2.24, 2.45) is 7.05 Å². The molecule has 0 unspecified atom stereocenters. The minimum absolute atomic E-state index is 0.00102. The summed E-state index contributed by atoms with van der Waals surface area (Å²) in [4.78, 5) is 0.752. The van der Waals surface area contributed by atoms with E-state index in [9.17, 15) is 13.2 Å². The molecule has 104 valence electrons. The summed E-state index contributed by atoms with van der Waals surface area (Å²) in [5.74, 6) is 0.267. The SMILES string of the molecule is Cn1nc(C(F)(F)F)cc1-c1nnc(-c2cccs2)o1. The van der Waals surface area contributed by atoms with Gasteiger partial charge in [-0.05, 0) is 11.4 Å². The Labute approximate surface area is 114 Å². The highest BCUT2D eigenvalue weighted by molar-refractivity contribution is 7.13. The van der Waals surface area contributed by atoms with Gasteiger partial charge in [-0.3, -0.25) is 4.68 Å². The van der Waals surface area contributed by atoms with Gasteiger partial charge in [0.15, 0.2) is 5.69 Å². The molecule has 0 aliphatic heterocycles. The molecule has 0 aliphatic carbocycles. The van der Waals surface area contributed by atoms with Gasteiger partial charge in [0.2, 0.25) is 0 Å². The van der Waals surface area contributed by atoms with Crippen LogP contribution in [0, 0.1) is 0 Å². The van der Waals surface area contributed by atoms with Crippen molar-refractivity contribution in [3.8, 4) is 22.4 Å². The molecule has 3 heterocycles. The predicted octanol–water partition coefficient (Wildman–Crippen LogP) is 3.22. The Morgan fingerprint density at radius 1 is 1.25 bits per heavy atom. The minimum Gasteiger partial charge on any atom is -0.414 e. The van der Waals surface area contributed by atoms with Crippen LogP contribution in [0.15, 0.2) is 28.0 Å². The summed E-state index contributed by atoms with van der Waals surface area (Å²) in [7, 11) is 1.39. The van der Waals surface area contributed by atoms with Gasteiger partial charge in [-0.25, -0.2) is 0 Å². The Morgan fingerprint density at radius 3 is 2.60 bits per heavy atom. The van der Waals surface area contributed by atoms with Gasteiger partial charge < -0.3 is 4.42 Å². The Bertz CT molecular complexity index is 729. The zero-order valence-electron chi connectivity index (χ0n) is 10.0. The van der Waals surface area contributed by atoms with E-state index in [1.54, 1.807) is 6.07 Å². The second-order valence-corrected chi connectivity index (χ2v) is 4.87. The second-order valence-electron chi connectivity index (χ2n) is 3.93. The van der Waals surface area contributed by atoms with Crippen LogP contribution in [0.25, 0.3) is 22.4 Å². The van der Waals surface area contributed by atoms with Gasteiger partial charge in [0.1, 0.15) is 5.69 Å². The van der Waals surface area contributed by atoms with Crippen LogP contribution in [-0.4, -0.2) is 20.0 Å². The summed E-state index contributed by atoms with van der Waals surface area (Å²) < 4.78 is 44.2. The summed E-state index contributed by atoms with van der Waals surface area (Å²) in [6.45, 7) is 0. The quantitative estimate of drug-likeness (QED) is 0.729. The number of halogens is 3. The van der Waals surface area contributed by atoms with Crippen molar-refractivity contribution in [1.29, 1.82) is 0 Å². The first kappa shape index (κ1) is 12.9. The molecule has 0 amide bonds. The Hall–Kier alpha value is -2.16. The van der Waals surface area contributed by atoms with Crippen LogP contribution in [0.3, 0.4) is 0 Å². The highest BCUT2D eigenvalue weighted by atomic mass is 32.1. The van der Waals surface area contributed by atoms with Gasteiger partial charge in [-0.1, -0.05) is 6.07 Å². The molecular formula is C11H7F3N4OS. The molecule has 0 radical (unpaired) electrons. The van der Waals surface area contributed by atoms with Crippen molar-refractivity contribution in [3.63, 3.8) is 0 Å². The van der Waals surface area contributed by atoms with E-state index in [4.69, 9.17) is 4.42 Å². The van der Waals surface area contributed by atoms with Gasteiger partial charge in [-0.15, -0.1) is 21.5 Å². The molecule has 0 spiro atoms. The van der Waals surface area contributed by atoms with Crippen molar-refractivity contribution < 1.29 is 17.6 Å². The fourth-order valence-corrected chi connectivity index (χ4v) is 2.28. The molecule has 5 nitrogen and oxygen atoms in total. The van der Waals surface area contributed by atoms with E-state index in [1.165, 1.54) is 18.4 Å². The lowest BCUT2D eigenvalue weighted by atomic mass is 10.3. The van der Waals surface area contributed by atoms with Gasteiger partial charge in [-0.2, -0.15) is 18.3 Å². The maximum absolute atomic E-state index is 12.6. The van der Waals surface area contributed by atoms with Crippen molar-refractivity contribution in [2.45, 2.75) is 6.18 Å². The lowest BCUT2D eigenvalue weighted by Crippen LogP contribution is -2.06. The first-order valence-electron chi connectivity index (χ1n) is 5.44. The van der Waals surface area contributed by atoms with Crippen LogP contribution in [0.4, 0.5) is 13.2 Å². The summed E-state index contributed by atoms with van der Waals surface area (Å²) in [5, 5.41) is 12.8. The molecule has 3 aromatic rings. The van der Waals surface area contributed by atoms with Crippen LogP contribution in [0.1, 0.15) is 5.69 Å². The third-order valence-electron chi connectivity index (χ3n) is 2.55. The van der Waals surface area contributed by atoms with Gasteiger partial charge in [0.25, 0.3) is 11.8 Å². The van der Waals surface area contributed by atoms with E-state index in [1.807, 2.05) is 11.4 Å². The summed E-state index contributed by atoms with van der Waals surface area (Å²) in [6.07, 6.45) is -4.51. The van der Waals surface area contributed by atoms with E-state index in [-0.39, 0.29) is 17.5 Å². The zero-order chi connectivity index (χ0) is 14.3. The fourth-order valence-electron chi connectivity index (χ4n) is 1.63. The number of thiophene rings is 1. The monoisotopic (exact) mass is 300 g/mol. The van der Waals surface area contributed by atoms with E-state index in [0.717, 1.165) is 15.6 Å². The molecule has 0 aliphatic rings. The van der Waals surface area contributed by atoms with Crippen molar-refractivity contribution in [2.75, 3.05) is 0 Å². The number of aryl methyl sites for hydroxylation is 1. The zero-order valence-corrected chi connectivity index (χ0v) is 10.9. The van der Waals surface area contributed by atoms with Crippen LogP contribution in [0.5, 0.6) is 0 Å². The molecule has 0 bridgehead atoms. The predicted molar refractivity (Wildman–Crippen MR) is 64.8 cm³/mol. The van der Waals surface area contributed by atoms with Crippen LogP contribution >= 0.6 is 11.3 Å². The first-order chi connectivity index (χ1) is 9.45. The van der Waals surface area contributed by atoms with Gasteiger partial charge >= 0.3 is 6.18 Å². The van der Waals surface area contributed by atoms with Crippen LogP contribution in [0.2, 0.25) is 0 Å². The normalized spacial score (nSPS) is 12.0. The fraction of sp³-hybridized carbons (Fsp3) is 0.182. The first-order valence-corrected chi connectivity index (χ1v) is 6.32. The van der Waals surface area contributed by atoms with Crippen molar-refractivity contribution in [3.05, 3.63) is 29.3 Å². The smallest absolute Gasteiger partial charge is 0.414 e. The second kappa shape index (κ2) is 4.44. The Balaban J connectivity index is 2.00. The highest BCUT2D eigenvalue weighted by Gasteiger charge is 2.35. The maximum Gasteiger partial charge on any atom is 0.435 e. The summed E-state index contributed by atoms with van der Waals surface area (Å²) in [6, 6.07) is 4.48. The highest BCUT2D eigenvalue weighted by Crippen LogP contribution is 2.32. The molecule has 0 saturated heterocycles. The van der Waals surface area contributed by atoms with Crippen LogP contribution in [-0.2, 0) is 13.2 Å². The number of alkyl halides is 3. The number of rotatable bonds is 2. The van der Waals surface area contributed by atoms with Gasteiger partial charge in [0.05, 0.1) is 4.88 Å². The van der Waals surface area contributed by atoms with Crippen molar-refractivity contribution >= 4 is 11.3 Å². The van der Waals surface area contributed by atoms with E-state index < -0.39 is 11.9 Å². The topological polar surface area (TPSA) is 56.7 Å². The number of nitrogens with zero attached hydrogens (tertiary/aromatic N) is 4. The largest absolute Gasteiger partial charge is 0.435 e. The molecular weight excluding hydrogens is 293 g/mol. The molecule has 3 aromatic heterocycles. The molecule has 0 N–H and O–H groups in total. The molecule has 20 heavy (non-hydrogen) atoms. The standard InChI is InChI=1S/C11H7F3N4OS/c1-18-6(5-8(17-18)11(12,13)14)9-15-16-10(19-9)7-3-2-4-20-7/h2-5H,1H3. The van der Waals surface area contributed by atoms with E-state index >= 15 is 0 Å². The summed E-state index contributed by atoms with van der Waals surface area (Å²) in [5.41, 5.74) is -0.876.